The van der Waals surface area contributed by atoms with Gasteiger partial charge in [-0.3, -0.25) is 9.89 Å². The first-order valence-electron chi connectivity index (χ1n) is 9.07. The van der Waals surface area contributed by atoms with Gasteiger partial charge in [-0.2, -0.15) is 10.2 Å². The van der Waals surface area contributed by atoms with Gasteiger partial charge in [-0.15, -0.1) is 0 Å². The van der Waals surface area contributed by atoms with Crippen LogP contribution in [0.4, 0.5) is 10.2 Å². The number of hydrogen-bond acceptors (Lipinski definition) is 5. The van der Waals surface area contributed by atoms with Crippen molar-refractivity contribution in [3.05, 3.63) is 72.3 Å². The third kappa shape index (κ3) is 2.84. The van der Waals surface area contributed by atoms with Gasteiger partial charge in [0.15, 0.2) is 17.3 Å². The second-order valence-corrected chi connectivity index (χ2v) is 6.53. The van der Waals surface area contributed by atoms with Gasteiger partial charge in [-0.05, 0) is 30.3 Å². The normalized spacial score (nSPS) is 11.1. The Morgan fingerprint density at radius 1 is 1.20 bits per heavy atom. The molecule has 0 aliphatic heterocycles. The monoisotopic (exact) mass is 402 g/mol. The largest absolute Gasteiger partial charge is 0.496 e. The lowest BCUT2D eigenvalue weighted by molar-refractivity contribution is 0.102. The molecule has 0 atom stereocenters. The Labute approximate surface area is 169 Å². The number of carbonyl (C=O) groups is 1. The van der Waals surface area contributed by atoms with E-state index in [-0.39, 0.29) is 11.5 Å². The highest BCUT2D eigenvalue weighted by atomic mass is 19.1. The highest BCUT2D eigenvalue weighted by Gasteiger charge is 2.19. The SMILES string of the molecule is COc1ccccc1C(=O)Nc1n[nH]c2nc(-c3cnn4ccccc34)c(F)cc12. The predicted octanol–water partition coefficient (Wildman–Crippen LogP) is 3.67. The topological polar surface area (TPSA) is 97.2 Å². The number of methoxy groups -OCH3 is 1. The predicted molar refractivity (Wildman–Crippen MR) is 109 cm³/mol. The number of nitrogens with one attached hydrogen (secondary N) is 2. The second kappa shape index (κ2) is 6.96. The summed E-state index contributed by atoms with van der Waals surface area (Å²) in [4.78, 5) is 17.0. The van der Waals surface area contributed by atoms with E-state index in [1.807, 2.05) is 18.2 Å². The first-order valence-corrected chi connectivity index (χ1v) is 9.07. The smallest absolute Gasteiger partial charge is 0.260 e. The zero-order chi connectivity index (χ0) is 20.7. The summed E-state index contributed by atoms with van der Waals surface area (Å²) in [5, 5.41) is 14.1. The van der Waals surface area contributed by atoms with Crippen LogP contribution in [0.15, 0.2) is 60.9 Å². The lowest BCUT2D eigenvalue weighted by Crippen LogP contribution is -2.13. The molecule has 4 aromatic heterocycles. The molecule has 1 aromatic carbocycles. The molecule has 0 radical (unpaired) electrons. The molecular weight excluding hydrogens is 387 g/mol. The van der Waals surface area contributed by atoms with Crippen LogP contribution >= 0.6 is 0 Å². The van der Waals surface area contributed by atoms with E-state index in [0.717, 1.165) is 5.52 Å². The molecule has 148 valence electrons. The molecule has 0 unspecified atom stereocenters. The van der Waals surface area contributed by atoms with Crippen molar-refractivity contribution >= 4 is 28.3 Å². The van der Waals surface area contributed by atoms with Crippen molar-refractivity contribution in [2.75, 3.05) is 12.4 Å². The molecular formula is C21H15FN6O2. The molecule has 2 N–H and O–H groups in total. The Bertz CT molecular complexity index is 1410. The van der Waals surface area contributed by atoms with Gasteiger partial charge in [-0.25, -0.2) is 13.9 Å². The van der Waals surface area contributed by atoms with Crippen LogP contribution < -0.4 is 10.1 Å². The number of pyridine rings is 2. The number of anilines is 1. The summed E-state index contributed by atoms with van der Waals surface area (Å²) < 4.78 is 21.8. The van der Waals surface area contributed by atoms with Crippen LogP contribution in [0.5, 0.6) is 5.75 Å². The third-order valence-corrected chi connectivity index (χ3v) is 4.77. The molecule has 30 heavy (non-hydrogen) atoms. The number of fused-ring (bicyclic) bond motifs is 2. The number of amides is 1. The molecule has 0 spiro atoms. The van der Waals surface area contributed by atoms with Crippen molar-refractivity contribution in [2.24, 2.45) is 0 Å². The van der Waals surface area contributed by atoms with E-state index >= 15 is 0 Å². The molecule has 0 aliphatic carbocycles. The van der Waals surface area contributed by atoms with Gasteiger partial charge in [0, 0.05) is 11.8 Å². The van der Waals surface area contributed by atoms with Crippen molar-refractivity contribution in [3.8, 4) is 17.0 Å². The van der Waals surface area contributed by atoms with Gasteiger partial charge in [0.25, 0.3) is 5.91 Å². The molecule has 0 saturated heterocycles. The minimum absolute atomic E-state index is 0.148. The van der Waals surface area contributed by atoms with E-state index in [9.17, 15) is 9.18 Å². The van der Waals surface area contributed by atoms with E-state index in [2.05, 4.69) is 25.6 Å². The Morgan fingerprint density at radius 2 is 2.03 bits per heavy atom. The molecule has 5 aromatic rings. The summed E-state index contributed by atoms with van der Waals surface area (Å²) in [5.74, 6) is -0.364. The minimum Gasteiger partial charge on any atom is -0.496 e. The minimum atomic E-state index is -0.546. The molecule has 0 bridgehead atoms. The first kappa shape index (κ1) is 17.8. The van der Waals surface area contributed by atoms with Gasteiger partial charge in [-0.1, -0.05) is 18.2 Å². The van der Waals surface area contributed by atoms with Gasteiger partial charge in [0.1, 0.15) is 11.4 Å². The van der Waals surface area contributed by atoms with Crippen LogP contribution in [0, 0.1) is 5.82 Å². The number of para-hydroxylation sites is 1. The highest BCUT2D eigenvalue weighted by Crippen LogP contribution is 2.30. The summed E-state index contributed by atoms with van der Waals surface area (Å²) in [5.41, 5.74) is 2.12. The van der Waals surface area contributed by atoms with E-state index in [0.29, 0.717) is 27.9 Å². The van der Waals surface area contributed by atoms with Crippen LogP contribution in [-0.4, -0.2) is 37.8 Å². The summed E-state index contributed by atoms with van der Waals surface area (Å²) in [7, 11) is 1.48. The summed E-state index contributed by atoms with van der Waals surface area (Å²) in [6, 6.07) is 13.6. The fourth-order valence-corrected chi connectivity index (χ4v) is 3.33. The van der Waals surface area contributed by atoms with Crippen LogP contribution in [-0.2, 0) is 0 Å². The molecule has 8 nitrogen and oxygen atoms in total. The highest BCUT2D eigenvalue weighted by molar-refractivity contribution is 6.09. The zero-order valence-electron chi connectivity index (χ0n) is 15.8. The van der Waals surface area contributed by atoms with Gasteiger partial charge in [0.05, 0.1) is 29.8 Å². The summed E-state index contributed by atoms with van der Waals surface area (Å²) >= 11 is 0. The van der Waals surface area contributed by atoms with Crippen molar-refractivity contribution in [1.82, 2.24) is 24.8 Å². The quantitative estimate of drug-likeness (QED) is 0.478. The number of H-pyrrole nitrogens is 1. The number of benzene rings is 1. The van der Waals surface area contributed by atoms with Crippen LogP contribution in [0.3, 0.4) is 0 Å². The van der Waals surface area contributed by atoms with E-state index in [1.165, 1.54) is 13.2 Å². The molecule has 0 aliphatic rings. The van der Waals surface area contributed by atoms with E-state index < -0.39 is 11.7 Å². The van der Waals surface area contributed by atoms with Gasteiger partial charge in [0.2, 0.25) is 0 Å². The average molecular weight is 402 g/mol. The number of aromatic amines is 1. The second-order valence-electron chi connectivity index (χ2n) is 6.53. The maximum atomic E-state index is 15.0. The molecule has 1 amide bonds. The average Bonchev–Trinajstić information content (AvgIpc) is 3.37. The van der Waals surface area contributed by atoms with E-state index in [1.54, 1.807) is 41.2 Å². The maximum Gasteiger partial charge on any atom is 0.260 e. The molecule has 4 heterocycles. The van der Waals surface area contributed by atoms with Crippen LogP contribution in [0.2, 0.25) is 0 Å². The molecule has 9 heteroatoms. The molecule has 0 saturated carbocycles. The summed E-state index contributed by atoms with van der Waals surface area (Å²) in [6.07, 6.45) is 3.34. The number of rotatable bonds is 4. The van der Waals surface area contributed by atoms with Gasteiger partial charge < -0.3 is 10.1 Å². The first-order chi connectivity index (χ1) is 14.7. The fourth-order valence-electron chi connectivity index (χ4n) is 3.33. The number of nitrogens with zero attached hydrogens (tertiary/aromatic N) is 4. The Balaban J connectivity index is 1.54. The fraction of sp³-hybridized carbons (Fsp3) is 0.0476. The van der Waals surface area contributed by atoms with Crippen molar-refractivity contribution in [2.45, 2.75) is 0 Å². The van der Waals surface area contributed by atoms with Crippen molar-refractivity contribution < 1.29 is 13.9 Å². The Kier molecular flexibility index (Phi) is 4.13. The Morgan fingerprint density at radius 3 is 2.90 bits per heavy atom. The third-order valence-electron chi connectivity index (χ3n) is 4.77. The van der Waals surface area contributed by atoms with Crippen molar-refractivity contribution in [3.63, 3.8) is 0 Å². The van der Waals surface area contributed by atoms with Crippen LogP contribution in [0.25, 0.3) is 27.8 Å². The number of ether oxygens (including phenoxy) is 1. The van der Waals surface area contributed by atoms with Crippen molar-refractivity contribution in [1.29, 1.82) is 0 Å². The Hall–Kier alpha value is -4.27. The van der Waals surface area contributed by atoms with Gasteiger partial charge >= 0.3 is 0 Å². The van der Waals surface area contributed by atoms with Crippen LogP contribution in [0.1, 0.15) is 10.4 Å². The number of carbonyl (C=O) groups excluding carboxylic acids is 1. The van der Waals surface area contributed by atoms with E-state index in [4.69, 9.17) is 4.74 Å². The number of halogens is 1. The molecule has 5 rings (SSSR count). The lowest BCUT2D eigenvalue weighted by Gasteiger charge is -2.07. The lowest BCUT2D eigenvalue weighted by atomic mass is 10.1. The zero-order valence-corrected chi connectivity index (χ0v) is 15.8. The molecule has 0 fully saturated rings. The summed E-state index contributed by atoms with van der Waals surface area (Å²) in [6.45, 7) is 0. The standard InChI is InChI=1S/C21H15FN6O2/c1-30-17-8-3-2-6-12(17)21(29)25-20-13-10-15(22)18(24-19(13)26-27-20)14-11-23-28-9-5-4-7-16(14)28/h2-11H,1H3,(H2,24,25,26,27,29). The maximum absolute atomic E-state index is 15.0. The number of aromatic nitrogens is 5. The number of hydrogen-bond donors (Lipinski definition) is 2.